The van der Waals surface area contributed by atoms with Gasteiger partial charge in [0.2, 0.25) is 0 Å². The van der Waals surface area contributed by atoms with Crippen LogP contribution in [0.1, 0.15) is 41.6 Å². The summed E-state index contributed by atoms with van der Waals surface area (Å²) >= 11 is 0. The zero-order valence-electron chi connectivity index (χ0n) is 15.0. The molecule has 0 spiro atoms. The third-order valence-electron chi connectivity index (χ3n) is 5.00. The number of aliphatic hydroxyl groups is 1. The van der Waals surface area contributed by atoms with Gasteiger partial charge in [-0.15, -0.1) is 0 Å². The van der Waals surface area contributed by atoms with Crippen LogP contribution in [-0.4, -0.2) is 34.4 Å². The first-order valence-corrected chi connectivity index (χ1v) is 9.10. The van der Waals surface area contributed by atoms with Gasteiger partial charge in [0.1, 0.15) is 11.6 Å². The number of nitrogens with one attached hydrogen (secondary N) is 1. The Morgan fingerprint density at radius 3 is 2.48 bits per heavy atom. The number of hydrogen-bond acceptors (Lipinski definition) is 4. The van der Waals surface area contributed by atoms with Crippen molar-refractivity contribution in [1.82, 2.24) is 5.32 Å². The first kappa shape index (κ1) is 19.3. The fourth-order valence-corrected chi connectivity index (χ4v) is 3.25. The Morgan fingerprint density at radius 2 is 1.81 bits per heavy atom. The van der Waals surface area contributed by atoms with Crippen LogP contribution in [0.15, 0.2) is 48.5 Å². The van der Waals surface area contributed by atoms with Crippen LogP contribution in [-0.2, 0) is 11.3 Å². The second-order valence-corrected chi connectivity index (χ2v) is 7.06. The van der Waals surface area contributed by atoms with Crippen molar-refractivity contribution in [3.05, 3.63) is 65.5 Å². The lowest BCUT2D eigenvalue weighted by molar-refractivity contribution is -0.0586. The van der Waals surface area contributed by atoms with Crippen LogP contribution >= 0.6 is 0 Å². The van der Waals surface area contributed by atoms with Gasteiger partial charge in [-0.2, -0.15) is 0 Å². The fourth-order valence-electron chi connectivity index (χ4n) is 3.25. The zero-order chi connectivity index (χ0) is 19.3. The van der Waals surface area contributed by atoms with Crippen LogP contribution in [0.4, 0.5) is 4.39 Å². The van der Waals surface area contributed by atoms with Crippen molar-refractivity contribution in [1.29, 1.82) is 0 Å². The van der Waals surface area contributed by atoms with Gasteiger partial charge in [0.25, 0.3) is 5.91 Å². The Morgan fingerprint density at radius 1 is 1.15 bits per heavy atom. The van der Waals surface area contributed by atoms with Gasteiger partial charge in [-0.3, -0.25) is 4.79 Å². The van der Waals surface area contributed by atoms with Crippen LogP contribution in [0.2, 0.25) is 0 Å². The van der Waals surface area contributed by atoms with E-state index in [0.717, 1.165) is 0 Å². The molecule has 2 aromatic carbocycles. The van der Waals surface area contributed by atoms with E-state index < -0.39 is 5.60 Å². The summed E-state index contributed by atoms with van der Waals surface area (Å²) < 4.78 is 19.4. The van der Waals surface area contributed by atoms with E-state index in [-0.39, 0.29) is 36.7 Å². The Hall–Kier alpha value is -2.44. The molecule has 3 rings (SSSR count). The molecular weight excluding hydrogens is 349 g/mol. The van der Waals surface area contributed by atoms with Crippen molar-refractivity contribution >= 4 is 5.91 Å². The maximum absolute atomic E-state index is 13.6. The maximum atomic E-state index is 13.6. The quantitative estimate of drug-likeness (QED) is 0.727. The van der Waals surface area contributed by atoms with Crippen LogP contribution in [0.25, 0.3) is 0 Å². The van der Waals surface area contributed by atoms with Gasteiger partial charge >= 0.3 is 0 Å². The maximum Gasteiger partial charge on any atom is 0.251 e. The number of ether oxygens (including phenoxy) is 1. The number of phenols is 1. The van der Waals surface area contributed by atoms with Gasteiger partial charge in [0.05, 0.1) is 18.3 Å². The summed E-state index contributed by atoms with van der Waals surface area (Å²) in [6.45, 7) is 0.375. The predicted octanol–water partition coefficient (Wildman–Crippen LogP) is 3.15. The number of halogens is 1. The molecule has 1 aliphatic rings. The fraction of sp³-hybridized carbons (Fsp3) is 0.381. The molecular formula is C21H24FNO4. The van der Waals surface area contributed by atoms with Gasteiger partial charge in [-0.05, 0) is 56.0 Å². The van der Waals surface area contributed by atoms with Gasteiger partial charge in [-0.25, -0.2) is 4.39 Å². The van der Waals surface area contributed by atoms with Gasteiger partial charge < -0.3 is 20.3 Å². The molecule has 1 amide bonds. The average molecular weight is 373 g/mol. The van der Waals surface area contributed by atoms with Crippen molar-refractivity contribution < 1.29 is 24.1 Å². The normalized spacial score (nSPS) is 22.4. The van der Waals surface area contributed by atoms with Crippen molar-refractivity contribution in [2.75, 3.05) is 6.54 Å². The number of hydrogen-bond donors (Lipinski definition) is 3. The molecule has 0 atom stereocenters. The monoisotopic (exact) mass is 373 g/mol. The van der Waals surface area contributed by atoms with E-state index in [1.165, 1.54) is 30.3 Å². The van der Waals surface area contributed by atoms with Gasteiger partial charge in [-0.1, -0.05) is 18.2 Å². The smallest absolute Gasteiger partial charge is 0.251 e. The number of carbonyl (C=O) groups is 1. The number of phenolic OH excluding ortho intramolecular Hbond substituents is 1. The van der Waals surface area contributed by atoms with E-state index in [1.807, 2.05) is 0 Å². The standard InChI is InChI=1S/C21H24FNO4/c22-19-4-2-1-3-16(19)13-27-18-9-11-21(26,12-10-18)14-23-20(25)15-5-7-17(24)8-6-15/h1-8,18,24,26H,9-14H2,(H,23,25)/t18-,21-. The third-order valence-corrected chi connectivity index (χ3v) is 5.00. The number of carbonyl (C=O) groups excluding carboxylic acids is 1. The highest BCUT2D eigenvalue weighted by molar-refractivity contribution is 5.94. The lowest BCUT2D eigenvalue weighted by atomic mass is 9.83. The Labute approximate surface area is 157 Å². The molecule has 0 aromatic heterocycles. The minimum atomic E-state index is -0.968. The number of aromatic hydroxyl groups is 1. The van der Waals surface area contributed by atoms with E-state index in [1.54, 1.807) is 18.2 Å². The molecule has 1 aliphatic carbocycles. The molecule has 0 aliphatic heterocycles. The van der Waals surface area contributed by atoms with Gasteiger partial charge in [0, 0.05) is 17.7 Å². The minimum Gasteiger partial charge on any atom is -0.508 e. The largest absolute Gasteiger partial charge is 0.508 e. The molecule has 0 radical (unpaired) electrons. The summed E-state index contributed by atoms with van der Waals surface area (Å²) in [7, 11) is 0. The highest BCUT2D eigenvalue weighted by Gasteiger charge is 2.34. The van der Waals surface area contributed by atoms with E-state index in [9.17, 15) is 19.4 Å². The molecule has 0 saturated heterocycles. The summed E-state index contributed by atoms with van der Waals surface area (Å²) in [5, 5.41) is 22.7. The van der Waals surface area contributed by atoms with Crippen LogP contribution < -0.4 is 5.32 Å². The van der Waals surface area contributed by atoms with Crippen molar-refractivity contribution in [2.45, 2.75) is 44.0 Å². The molecule has 144 valence electrons. The van der Waals surface area contributed by atoms with Crippen LogP contribution in [0, 0.1) is 5.82 Å². The van der Waals surface area contributed by atoms with Crippen molar-refractivity contribution in [3.63, 3.8) is 0 Å². The highest BCUT2D eigenvalue weighted by atomic mass is 19.1. The van der Waals surface area contributed by atoms with E-state index in [4.69, 9.17) is 4.74 Å². The highest BCUT2D eigenvalue weighted by Crippen LogP contribution is 2.30. The first-order valence-electron chi connectivity index (χ1n) is 9.10. The average Bonchev–Trinajstić information content (AvgIpc) is 2.67. The molecule has 1 fully saturated rings. The van der Waals surface area contributed by atoms with Gasteiger partial charge in [0.15, 0.2) is 0 Å². The van der Waals surface area contributed by atoms with E-state index in [0.29, 0.717) is 36.8 Å². The number of benzene rings is 2. The molecule has 0 heterocycles. The molecule has 0 bridgehead atoms. The molecule has 3 N–H and O–H groups in total. The summed E-state index contributed by atoms with van der Waals surface area (Å²) in [6.07, 6.45) is 2.29. The summed E-state index contributed by atoms with van der Waals surface area (Å²) in [4.78, 5) is 12.1. The second-order valence-electron chi connectivity index (χ2n) is 7.06. The first-order chi connectivity index (χ1) is 13.0. The molecule has 1 saturated carbocycles. The summed E-state index contributed by atoms with van der Waals surface area (Å²) in [6, 6.07) is 12.5. The summed E-state index contributed by atoms with van der Waals surface area (Å²) in [5.74, 6) is -0.470. The SMILES string of the molecule is O=C(NC[C@]1(O)CC[C@H](OCc2ccccc2F)CC1)c1ccc(O)cc1. The molecule has 5 nitrogen and oxygen atoms in total. The van der Waals surface area contributed by atoms with Crippen molar-refractivity contribution in [2.24, 2.45) is 0 Å². The molecule has 2 aromatic rings. The van der Waals surface area contributed by atoms with Crippen LogP contribution in [0.5, 0.6) is 5.75 Å². The zero-order valence-corrected chi connectivity index (χ0v) is 15.0. The second kappa shape index (κ2) is 8.50. The number of amides is 1. The third kappa shape index (κ3) is 5.28. The summed E-state index contributed by atoms with van der Waals surface area (Å²) in [5.41, 5.74) is -0.0115. The molecule has 6 heteroatoms. The van der Waals surface area contributed by atoms with E-state index in [2.05, 4.69) is 5.32 Å². The van der Waals surface area contributed by atoms with E-state index >= 15 is 0 Å². The number of rotatable bonds is 6. The minimum absolute atomic E-state index is 0.0299. The molecule has 0 unspecified atom stereocenters. The lowest BCUT2D eigenvalue weighted by Gasteiger charge is -2.36. The van der Waals surface area contributed by atoms with Crippen molar-refractivity contribution in [3.8, 4) is 5.75 Å². The molecule has 27 heavy (non-hydrogen) atoms. The Bertz CT molecular complexity index is 770. The van der Waals surface area contributed by atoms with Crippen LogP contribution in [0.3, 0.4) is 0 Å². The lowest BCUT2D eigenvalue weighted by Crippen LogP contribution is -2.46. The Kier molecular flexibility index (Phi) is 6.08. The Balaban J connectivity index is 1.44. The predicted molar refractivity (Wildman–Crippen MR) is 98.8 cm³/mol. The topological polar surface area (TPSA) is 78.8 Å².